The number of para-hydroxylation sites is 1. The first-order valence-corrected chi connectivity index (χ1v) is 6.39. The number of nitrogens with one attached hydrogen (secondary N) is 1. The highest BCUT2D eigenvalue weighted by Gasteiger charge is 2.26. The fraction of sp³-hybridized carbons (Fsp3) is 0.500. The van der Waals surface area contributed by atoms with E-state index in [-0.39, 0.29) is 6.61 Å². The van der Waals surface area contributed by atoms with E-state index >= 15 is 0 Å². The molecule has 0 saturated heterocycles. The topological polar surface area (TPSA) is 82.1 Å². The van der Waals surface area contributed by atoms with Crippen molar-refractivity contribution in [3.63, 3.8) is 0 Å². The van der Waals surface area contributed by atoms with Crippen LogP contribution in [0, 0.1) is 23.2 Å². The molecule has 4 nitrogen and oxygen atoms in total. The number of nitrogens with two attached hydrogens (primary N) is 1. The van der Waals surface area contributed by atoms with Crippen LogP contribution in [0.4, 0.5) is 11.4 Å². The van der Waals surface area contributed by atoms with Crippen LogP contribution in [0.25, 0.3) is 0 Å². The maximum atomic E-state index is 9.27. The predicted octanol–water partition coefficient (Wildman–Crippen LogP) is 1.96. The molecule has 1 aromatic rings. The Labute approximate surface area is 107 Å². The van der Waals surface area contributed by atoms with Gasteiger partial charge in [0.1, 0.15) is 6.07 Å². The van der Waals surface area contributed by atoms with Gasteiger partial charge in [-0.1, -0.05) is 12.5 Å². The number of rotatable bonds is 4. The van der Waals surface area contributed by atoms with Gasteiger partial charge < -0.3 is 16.2 Å². The van der Waals surface area contributed by atoms with Gasteiger partial charge in [0.25, 0.3) is 0 Å². The van der Waals surface area contributed by atoms with Gasteiger partial charge in [-0.2, -0.15) is 5.26 Å². The van der Waals surface area contributed by atoms with E-state index in [2.05, 4.69) is 11.4 Å². The SMILES string of the molecule is N#Cc1cccc(NCC2CCCC2CO)c1N. The number of aliphatic hydroxyl groups excluding tert-OH is 1. The lowest BCUT2D eigenvalue weighted by Gasteiger charge is -2.19. The molecule has 0 bridgehead atoms. The second-order valence-electron chi connectivity index (χ2n) is 4.89. The molecule has 1 aliphatic rings. The standard InChI is InChI=1S/C14H19N3O/c15-7-10-3-2-6-13(14(10)16)17-8-11-4-1-5-12(11)9-18/h2-3,6,11-12,17-18H,1,4-5,8-9,16H2. The molecule has 4 N–H and O–H groups in total. The summed E-state index contributed by atoms with van der Waals surface area (Å²) in [4.78, 5) is 0. The van der Waals surface area contributed by atoms with Gasteiger partial charge in [0.15, 0.2) is 0 Å². The fourth-order valence-electron chi connectivity index (χ4n) is 2.68. The van der Waals surface area contributed by atoms with Crippen LogP contribution in [0.2, 0.25) is 0 Å². The number of nitrogen functional groups attached to an aromatic ring is 1. The van der Waals surface area contributed by atoms with Crippen LogP contribution in [0.15, 0.2) is 18.2 Å². The summed E-state index contributed by atoms with van der Waals surface area (Å²) in [5, 5.41) is 21.5. The Morgan fingerprint density at radius 3 is 2.89 bits per heavy atom. The Morgan fingerprint density at radius 2 is 2.17 bits per heavy atom. The molecule has 0 aromatic heterocycles. The van der Waals surface area contributed by atoms with E-state index in [0.29, 0.717) is 23.1 Å². The Morgan fingerprint density at radius 1 is 1.39 bits per heavy atom. The molecule has 2 unspecified atom stereocenters. The molecule has 0 aliphatic heterocycles. The number of hydrogen-bond donors (Lipinski definition) is 3. The zero-order valence-corrected chi connectivity index (χ0v) is 10.4. The van der Waals surface area contributed by atoms with Gasteiger partial charge in [0.05, 0.1) is 16.9 Å². The molecule has 0 heterocycles. The molecule has 0 amide bonds. The maximum absolute atomic E-state index is 9.27. The largest absolute Gasteiger partial charge is 0.396 e. The van der Waals surface area contributed by atoms with Gasteiger partial charge in [-0.15, -0.1) is 0 Å². The number of hydrogen-bond acceptors (Lipinski definition) is 4. The van der Waals surface area contributed by atoms with E-state index < -0.39 is 0 Å². The van der Waals surface area contributed by atoms with Crippen molar-refractivity contribution in [3.05, 3.63) is 23.8 Å². The summed E-state index contributed by atoms with van der Waals surface area (Å²) in [5.41, 5.74) is 7.75. The van der Waals surface area contributed by atoms with Crippen LogP contribution >= 0.6 is 0 Å². The lowest BCUT2D eigenvalue weighted by atomic mass is 9.97. The average molecular weight is 245 g/mol. The second kappa shape index (κ2) is 5.74. The van der Waals surface area contributed by atoms with Crippen molar-refractivity contribution in [3.8, 4) is 6.07 Å². The third-order valence-corrected chi connectivity index (χ3v) is 3.83. The van der Waals surface area contributed by atoms with Crippen molar-refractivity contribution in [2.75, 3.05) is 24.2 Å². The van der Waals surface area contributed by atoms with Crippen LogP contribution in [0.5, 0.6) is 0 Å². The van der Waals surface area contributed by atoms with Crippen molar-refractivity contribution < 1.29 is 5.11 Å². The molecule has 2 atom stereocenters. The third kappa shape index (κ3) is 2.57. The molecule has 18 heavy (non-hydrogen) atoms. The summed E-state index contributed by atoms with van der Waals surface area (Å²) >= 11 is 0. The van der Waals surface area contributed by atoms with E-state index in [1.165, 1.54) is 6.42 Å². The zero-order chi connectivity index (χ0) is 13.0. The monoisotopic (exact) mass is 245 g/mol. The molecule has 0 radical (unpaired) electrons. The van der Waals surface area contributed by atoms with Gasteiger partial charge in [-0.25, -0.2) is 0 Å². The van der Waals surface area contributed by atoms with Gasteiger partial charge in [0.2, 0.25) is 0 Å². The van der Waals surface area contributed by atoms with Crippen LogP contribution in [-0.4, -0.2) is 18.3 Å². The molecular formula is C14H19N3O. The highest BCUT2D eigenvalue weighted by Crippen LogP contribution is 2.32. The van der Waals surface area contributed by atoms with Crippen molar-refractivity contribution in [2.45, 2.75) is 19.3 Å². The van der Waals surface area contributed by atoms with Crippen molar-refractivity contribution in [2.24, 2.45) is 11.8 Å². The minimum atomic E-state index is 0.264. The molecule has 1 aromatic carbocycles. The van der Waals surface area contributed by atoms with Gasteiger partial charge in [-0.05, 0) is 36.8 Å². The first kappa shape index (κ1) is 12.7. The Hall–Kier alpha value is -1.73. The highest BCUT2D eigenvalue weighted by atomic mass is 16.3. The molecule has 96 valence electrons. The number of nitriles is 1. The summed E-state index contributed by atoms with van der Waals surface area (Å²) in [6, 6.07) is 7.51. The quantitative estimate of drug-likeness (QED) is 0.708. The number of nitrogens with zero attached hydrogens (tertiary/aromatic N) is 1. The summed E-state index contributed by atoms with van der Waals surface area (Å²) in [6.07, 6.45) is 3.44. The molecule has 4 heteroatoms. The molecule has 1 fully saturated rings. The summed E-state index contributed by atoms with van der Waals surface area (Å²) in [6.45, 7) is 1.07. The molecule has 0 spiro atoms. The smallest absolute Gasteiger partial charge is 0.101 e. The first-order valence-electron chi connectivity index (χ1n) is 6.39. The van der Waals surface area contributed by atoms with E-state index in [4.69, 9.17) is 11.0 Å². The lowest BCUT2D eigenvalue weighted by Crippen LogP contribution is -2.21. The minimum absolute atomic E-state index is 0.264. The Bertz CT molecular complexity index is 453. The van der Waals surface area contributed by atoms with Crippen molar-refractivity contribution >= 4 is 11.4 Å². The van der Waals surface area contributed by atoms with Crippen LogP contribution in [0.3, 0.4) is 0 Å². The first-order chi connectivity index (χ1) is 8.76. The average Bonchev–Trinajstić information content (AvgIpc) is 2.85. The maximum Gasteiger partial charge on any atom is 0.101 e. The van der Waals surface area contributed by atoms with Crippen molar-refractivity contribution in [1.82, 2.24) is 0 Å². The number of anilines is 2. The summed E-state index contributed by atoms with van der Waals surface area (Å²) in [7, 11) is 0. The fourth-order valence-corrected chi connectivity index (χ4v) is 2.68. The van der Waals surface area contributed by atoms with Crippen LogP contribution < -0.4 is 11.1 Å². The van der Waals surface area contributed by atoms with Crippen LogP contribution in [-0.2, 0) is 0 Å². The van der Waals surface area contributed by atoms with Crippen LogP contribution in [0.1, 0.15) is 24.8 Å². The van der Waals surface area contributed by atoms with E-state index in [1.807, 2.05) is 12.1 Å². The van der Waals surface area contributed by atoms with Crippen molar-refractivity contribution in [1.29, 1.82) is 5.26 Å². The number of benzene rings is 1. The van der Waals surface area contributed by atoms with Gasteiger partial charge >= 0.3 is 0 Å². The van der Waals surface area contributed by atoms with Gasteiger partial charge in [-0.3, -0.25) is 0 Å². The summed E-state index contributed by atoms with van der Waals surface area (Å²) < 4.78 is 0. The summed E-state index contributed by atoms with van der Waals surface area (Å²) in [5.74, 6) is 0.901. The molecule has 1 saturated carbocycles. The predicted molar refractivity (Wildman–Crippen MR) is 72.0 cm³/mol. The Kier molecular flexibility index (Phi) is 4.06. The van der Waals surface area contributed by atoms with E-state index in [0.717, 1.165) is 25.1 Å². The van der Waals surface area contributed by atoms with Gasteiger partial charge in [0, 0.05) is 13.2 Å². The normalized spacial score (nSPS) is 22.7. The third-order valence-electron chi connectivity index (χ3n) is 3.83. The molecule has 2 rings (SSSR count). The zero-order valence-electron chi connectivity index (χ0n) is 10.4. The van der Waals surface area contributed by atoms with E-state index in [9.17, 15) is 5.11 Å². The number of aliphatic hydroxyl groups is 1. The molecule has 1 aliphatic carbocycles. The lowest BCUT2D eigenvalue weighted by molar-refractivity contribution is 0.199. The molecular weight excluding hydrogens is 226 g/mol. The second-order valence-corrected chi connectivity index (χ2v) is 4.89. The Balaban J connectivity index is 2.00. The van der Waals surface area contributed by atoms with E-state index in [1.54, 1.807) is 6.07 Å². The minimum Gasteiger partial charge on any atom is -0.396 e. The highest BCUT2D eigenvalue weighted by molar-refractivity contribution is 5.72.